The van der Waals surface area contributed by atoms with Gasteiger partial charge < -0.3 is 10.8 Å². The first-order valence-corrected chi connectivity index (χ1v) is 5.53. The van der Waals surface area contributed by atoms with Gasteiger partial charge in [0.05, 0.1) is 6.10 Å². The van der Waals surface area contributed by atoms with Gasteiger partial charge in [-0.2, -0.15) is 0 Å². The number of hydrogen-bond donors (Lipinski definition) is 2. The Labute approximate surface area is 95.1 Å². The minimum absolute atomic E-state index is 0.0125. The average molecular weight is 226 g/mol. The van der Waals surface area contributed by atoms with Crippen LogP contribution in [0.3, 0.4) is 0 Å². The maximum Gasteiger partial charge on any atom is 0.0944 e. The van der Waals surface area contributed by atoms with Gasteiger partial charge in [0.1, 0.15) is 0 Å². The number of nitrogens with two attached hydrogens (primary N) is 1. The molecular formula is C12H16ClNO. The van der Waals surface area contributed by atoms with Gasteiger partial charge in [-0.15, -0.1) is 0 Å². The minimum Gasteiger partial charge on any atom is -0.387 e. The lowest BCUT2D eigenvalue weighted by Crippen LogP contribution is -2.41. The summed E-state index contributed by atoms with van der Waals surface area (Å²) in [7, 11) is 0. The number of aliphatic hydroxyl groups is 1. The molecule has 15 heavy (non-hydrogen) atoms. The molecular weight excluding hydrogens is 210 g/mol. The lowest BCUT2D eigenvalue weighted by atomic mass is 9.70. The van der Waals surface area contributed by atoms with Crippen LogP contribution in [0, 0.1) is 0 Å². The molecule has 2 unspecified atom stereocenters. The monoisotopic (exact) mass is 225 g/mol. The van der Waals surface area contributed by atoms with E-state index < -0.39 is 6.10 Å². The normalized spacial score (nSPS) is 28.6. The molecule has 0 spiro atoms. The van der Waals surface area contributed by atoms with Gasteiger partial charge in [0.15, 0.2) is 0 Å². The Morgan fingerprint density at radius 2 is 2.13 bits per heavy atom. The highest BCUT2D eigenvalue weighted by Crippen LogP contribution is 2.41. The summed E-state index contributed by atoms with van der Waals surface area (Å²) in [5.74, 6) is 0. The molecule has 0 saturated heterocycles. The highest BCUT2D eigenvalue weighted by Gasteiger charge is 2.36. The summed E-state index contributed by atoms with van der Waals surface area (Å²) >= 11 is 5.93. The quantitative estimate of drug-likeness (QED) is 0.712. The van der Waals surface area contributed by atoms with Crippen LogP contribution in [-0.2, 0) is 5.41 Å². The van der Waals surface area contributed by atoms with Gasteiger partial charge in [-0.1, -0.05) is 31.5 Å². The molecule has 1 aromatic carbocycles. The fraction of sp³-hybridized carbons (Fsp3) is 0.500. The van der Waals surface area contributed by atoms with Crippen molar-refractivity contribution in [1.82, 2.24) is 0 Å². The highest BCUT2D eigenvalue weighted by molar-refractivity contribution is 6.30. The van der Waals surface area contributed by atoms with Crippen LogP contribution in [0.5, 0.6) is 0 Å². The predicted octanol–water partition coefficient (Wildman–Crippen LogP) is 2.38. The summed E-state index contributed by atoms with van der Waals surface area (Å²) in [5.41, 5.74) is 7.97. The molecule has 82 valence electrons. The van der Waals surface area contributed by atoms with Gasteiger partial charge in [-0.3, -0.25) is 0 Å². The molecule has 0 fully saturated rings. The lowest BCUT2D eigenvalue weighted by Gasteiger charge is -2.39. The molecule has 0 aliphatic heterocycles. The van der Waals surface area contributed by atoms with Crippen molar-refractivity contribution in [2.24, 2.45) is 5.73 Å². The largest absolute Gasteiger partial charge is 0.387 e. The zero-order valence-electron chi connectivity index (χ0n) is 9.00. The van der Waals surface area contributed by atoms with E-state index in [0.717, 1.165) is 17.5 Å². The van der Waals surface area contributed by atoms with Gasteiger partial charge in [-0.25, -0.2) is 0 Å². The third kappa shape index (κ3) is 1.78. The summed E-state index contributed by atoms with van der Waals surface area (Å²) in [5, 5.41) is 10.7. The van der Waals surface area contributed by atoms with Gasteiger partial charge in [0, 0.05) is 11.1 Å². The number of rotatable bonds is 0. The van der Waals surface area contributed by atoms with Gasteiger partial charge in [0.25, 0.3) is 0 Å². The maximum atomic E-state index is 10.0. The van der Waals surface area contributed by atoms with Crippen molar-refractivity contribution in [3.63, 3.8) is 0 Å². The lowest BCUT2D eigenvalue weighted by molar-refractivity contribution is 0.116. The first-order chi connectivity index (χ1) is 6.92. The first-order valence-electron chi connectivity index (χ1n) is 5.15. The van der Waals surface area contributed by atoms with E-state index in [4.69, 9.17) is 17.3 Å². The third-order valence-corrected chi connectivity index (χ3v) is 3.45. The number of halogens is 1. The molecule has 0 amide bonds. The average Bonchev–Trinajstić information content (AvgIpc) is 2.13. The van der Waals surface area contributed by atoms with Crippen molar-refractivity contribution in [2.75, 3.05) is 0 Å². The maximum absolute atomic E-state index is 10.0. The van der Waals surface area contributed by atoms with Crippen LogP contribution in [0.2, 0.25) is 5.02 Å². The second-order valence-electron chi connectivity index (χ2n) is 4.93. The molecule has 0 radical (unpaired) electrons. The molecule has 1 aliphatic rings. The van der Waals surface area contributed by atoms with E-state index in [1.807, 2.05) is 18.2 Å². The van der Waals surface area contributed by atoms with Crippen molar-refractivity contribution in [2.45, 2.75) is 37.8 Å². The van der Waals surface area contributed by atoms with Crippen LogP contribution >= 0.6 is 11.6 Å². The highest BCUT2D eigenvalue weighted by atomic mass is 35.5. The Hall–Kier alpha value is -0.570. The first kappa shape index (κ1) is 10.9. The molecule has 0 saturated carbocycles. The summed E-state index contributed by atoms with van der Waals surface area (Å²) < 4.78 is 0. The topological polar surface area (TPSA) is 46.2 Å². The van der Waals surface area contributed by atoms with Crippen LogP contribution in [0.1, 0.15) is 37.5 Å². The molecule has 1 aromatic rings. The Balaban J connectivity index is 2.59. The molecule has 2 nitrogen and oxygen atoms in total. The van der Waals surface area contributed by atoms with E-state index in [2.05, 4.69) is 13.8 Å². The van der Waals surface area contributed by atoms with Crippen molar-refractivity contribution in [1.29, 1.82) is 0 Å². The van der Waals surface area contributed by atoms with E-state index in [9.17, 15) is 5.11 Å². The van der Waals surface area contributed by atoms with Crippen LogP contribution in [-0.4, -0.2) is 11.1 Å². The third-order valence-electron chi connectivity index (χ3n) is 3.21. The smallest absolute Gasteiger partial charge is 0.0944 e. The fourth-order valence-corrected chi connectivity index (χ4v) is 2.62. The van der Waals surface area contributed by atoms with Crippen LogP contribution in [0.4, 0.5) is 0 Å². The SMILES string of the molecule is CC1(C)CC(N)C(O)c2cc(Cl)ccc21. The Morgan fingerprint density at radius 3 is 2.80 bits per heavy atom. The van der Waals surface area contributed by atoms with Crippen LogP contribution < -0.4 is 5.73 Å². The molecule has 0 heterocycles. The number of hydrogen-bond acceptors (Lipinski definition) is 2. The van der Waals surface area contributed by atoms with Crippen molar-refractivity contribution < 1.29 is 5.11 Å². The summed E-state index contributed by atoms with van der Waals surface area (Å²) in [6.45, 7) is 4.29. The Kier molecular flexibility index (Phi) is 2.53. The van der Waals surface area contributed by atoms with E-state index in [-0.39, 0.29) is 11.5 Å². The van der Waals surface area contributed by atoms with Gasteiger partial charge in [0.2, 0.25) is 0 Å². The second-order valence-corrected chi connectivity index (χ2v) is 5.36. The standard InChI is InChI=1S/C12H16ClNO/c1-12(2)6-10(14)11(15)8-5-7(13)3-4-9(8)12/h3-5,10-11,15H,6,14H2,1-2H3. The molecule has 0 aromatic heterocycles. The van der Waals surface area contributed by atoms with Crippen molar-refractivity contribution in [3.8, 4) is 0 Å². The molecule has 3 N–H and O–H groups in total. The zero-order valence-corrected chi connectivity index (χ0v) is 9.75. The zero-order chi connectivity index (χ0) is 11.2. The number of benzene rings is 1. The molecule has 2 atom stereocenters. The van der Waals surface area contributed by atoms with E-state index in [0.29, 0.717) is 5.02 Å². The minimum atomic E-state index is -0.591. The second kappa shape index (κ2) is 3.48. The Bertz CT molecular complexity index is 389. The van der Waals surface area contributed by atoms with Crippen LogP contribution in [0.25, 0.3) is 0 Å². The van der Waals surface area contributed by atoms with Crippen molar-refractivity contribution in [3.05, 3.63) is 34.3 Å². The summed E-state index contributed by atoms with van der Waals surface area (Å²) in [6.07, 6.45) is 0.203. The van der Waals surface area contributed by atoms with Gasteiger partial charge >= 0.3 is 0 Å². The molecule has 1 aliphatic carbocycles. The Morgan fingerprint density at radius 1 is 1.47 bits per heavy atom. The summed E-state index contributed by atoms with van der Waals surface area (Å²) in [6, 6.07) is 5.48. The molecule has 2 rings (SSSR count). The van der Waals surface area contributed by atoms with E-state index in [1.165, 1.54) is 0 Å². The van der Waals surface area contributed by atoms with Crippen molar-refractivity contribution >= 4 is 11.6 Å². The predicted molar refractivity (Wildman–Crippen MR) is 62.0 cm³/mol. The van der Waals surface area contributed by atoms with E-state index >= 15 is 0 Å². The molecule has 0 bridgehead atoms. The van der Waals surface area contributed by atoms with E-state index in [1.54, 1.807) is 0 Å². The fourth-order valence-electron chi connectivity index (χ4n) is 2.44. The van der Waals surface area contributed by atoms with Crippen LogP contribution in [0.15, 0.2) is 18.2 Å². The summed E-state index contributed by atoms with van der Waals surface area (Å²) in [4.78, 5) is 0. The number of aliphatic hydroxyl groups excluding tert-OH is 1. The molecule has 3 heteroatoms. The number of fused-ring (bicyclic) bond motifs is 1. The van der Waals surface area contributed by atoms with Gasteiger partial charge in [-0.05, 0) is 35.1 Å².